The molecule has 0 saturated heterocycles. The number of aromatic nitrogens is 1. The summed E-state index contributed by atoms with van der Waals surface area (Å²) in [6.07, 6.45) is 0. The van der Waals surface area contributed by atoms with E-state index in [4.69, 9.17) is 4.98 Å². The molecule has 4 aromatic rings. The minimum atomic E-state index is -0.249. The van der Waals surface area contributed by atoms with Crippen molar-refractivity contribution in [3.63, 3.8) is 0 Å². The van der Waals surface area contributed by atoms with E-state index in [9.17, 15) is 4.39 Å². The lowest BCUT2D eigenvalue weighted by Crippen LogP contribution is -2.14. The van der Waals surface area contributed by atoms with Crippen LogP contribution in [0.25, 0.3) is 11.3 Å². The average molecular weight is 354 g/mol. The molecule has 0 aliphatic carbocycles. The van der Waals surface area contributed by atoms with Crippen LogP contribution in [0.15, 0.2) is 103 Å². The molecule has 1 atom stereocenters. The molecule has 2 nitrogen and oxygen atoms in total. The van der Waals surface area contributed by atoms with E-state index in [2.05, 4.69) is 29.6 Å². The summed E-state index contributed by atoms with van der Waals surface area (Å²) in [5, 5.41) is 3.49. The van der Waals surface area contributed by atoms with Gasteiger partial charge in [-0.05, 0) is 42.0 Å². The van der Waals surface area contributed by atoms with Crippen LogP contribution in [0, 0.1) is 5.82 Å². The minimum Gasteiger partial charge on any atom is -0.373 e. The summed E-state index contributed by atoms with van der Waals surface area (Å²) in [4.78, 5) is 4.90. The van der Waals surface area contributed by atoms with Gasteiger partial charge in [0.15, 0.2) is 0 Å². The van der Waals surface area contributed by atoms with E-state index in [1.807, 2.05) is 54.6 Å². The first-order valence-corrected chi connectivity index (χ1v) is 8.89. The fourth-order valence-corrected chi connectivity index (χ4v) is 3.07. The normalized spacial score (nSPS) is 11.7. The van der Waals surface area contributed by atoms with Gasteiger partial charge in [0.05, 0.1) is 17.4 Å². The molecule has 3 heteroatoms. The second-order valence-corrected chi connectivity index (χ2v) is 6.31. The second kappa shape index (κ2) is 7.83. The third-order valence-electron chi connectivity index (χ3n) is 4.42. The van der Waals surface area contributed by atoms with Gasteiger partial charge in [-0.15, -0.1) is 0 Å². The molecule has 0 saturated carbocycles. The fourth-order valence-electron chi connectivity index (χ4n) is 3.07. The number of pyridine rings is 1. The first-order chi connectivity index (χ1) is 13.3. The van der Waals surface area contributed by atoms with Crippen LogP contribution in [0.1, 0.15) is 17.3 Å². The van der Waals surface area contributed by atoms with Crippen LogP contribution in [0.5, 0.6) is 0 Å². The van der Waals surface area contributed by atoms with Gasteiger partial charge in [0.1, 0.15) is 5.82 Å². The molecular weight excluding hydrogens is 335 g/mol. The summed E-state index contributed by atoms with van der Waals surface area (Å²) in [6.45, 7) is 0. The molecule has 1 unspecified atom stereocenters. The van der Waals surface area contributed by atoms with E-state index in [0.29, 0.717) is 0 Å². The molecule has 0 aliphatic rings. The quantitative estimate of drug-likeness (QED) is 0.469. The van der Waals surface area contributed by atoms with Crippen LogP contribution >= 0.6 is 0 Å². The number of hydrogen-bond acceptors (Lipinski definition) is 2. The molecule has 27 heavy (non-hydrogen) atoms. The molecular formula is C24H19FN2. The number of halogens is 1. The van der Waals surface area contributed by atoms with Crippen molar-refractivity contribution in [2.45, 2.75) is 6.04 Å². The topological polar surface area (TPSA) is 24.9 Å². The molecule has 0 amide bonds. The molecule has 0 fully saturated rings. The number of benzene rings is 3. The van der Waals surface area contributed by atoms with E-state index >= 15 is 0 Å². The monoisotopic (exact) mass is 354 g/mol. The highest BCUT2D eigenvalue weighted by atomic mass is 19.1. The van der Waals surface area contributed by atoms with E-state index < -0.39 is 0 Å². The molecule has 0 spiro atoms. The fraction of sp³-hybridized carbons (Fsp3) is 0.0417. The van der Waals surface area contributed by atoms with Gasteiger partial charge in [-0.3, -0.25) is 4.98 Å². The lowest BCUT2D eigenvalue weighted by Gasteiger charge is -2.21. The standard InChI is InChI=1S/C24H19FN2/c25-20-14-16-21(17-15-20)26-24(19-10-5-2-6-11-19)23-13-7-12-22(27-23)18-8-3-1-4-9-18/h1-17,24,26H. The van der Waals surface area contributed by atoms with Crippen molar-refractivity contribution in [2.75, 3.05) is 5.32 Å². The Hall–Kier alpha value is -3.46. The third-order valence-corrected chi connectivity index (χ3v) is 4.42. The molecule has 132 valence electrons. The summed E-state index contributed by atoms with van der Waals surface area (Å²) in [7, 11) is 0. The van der Waals surface area contributed by atoms with Crippen molar-refractivity contribution >= 4 is 5.69 Å². The number of nitrogens with zero attached hydrogens (tertiary/aromatic N) is 1. The van der Waals surface area contributed by atoms with Crippen LogP contribution in [0.4, 0.5) is 10.1 Å². The smallest absolute Gasteiger partial charge is 0.123 e. The summed E-state index contributed by atoms with van der Waals surface area (Å²) in [5.74, 6) is -0.249. The van der Waals surface area contributed by atoms with Crippen molar-refractivity contribution in [3.05, 3.63) is 120 Å². The summed E-state index contributed by atoms with van der Waals surface area (Å²) in [6, 6.07) is 32.6. The molecule has 1 N–H and O–H groups in total. The van der Waals surface area contributed by atoms with Crippen molar-refractivity contribution in [1.29, 1.82) is 0 Å². The van der Waals surface area contributed by atoms with Crippen LogP contribution in [-0.4, -0.2) is 4.98 Å². The molecule has 1 aromatic heterocycles. The molecule has 3 aromatic carbocycles. The Morgan fingerprint density at radius 3 is 2.04 bits per heavy atom. The first kappa shape index (κ1) is 17.0. The zero-order valence-electron chi connectivity index (χ0n) is 14.7. The van der Waals surface area contributed by atoms with Gasteiger partial charge in [0.2, 0.25) is 0 Å². The molecule has 4 rings (SSSR count). The Labute approximate surface area is 158 Å². The van der Waals surface area contributed by atoms with Crippen LogP contribution < -0.4 is 5.32 Å². The Kier molecular flexibility index (Phi) is 4.93. The van der Waals surface area contributed by atoms with Gasteiger partial charge in [0.25, 0.3) is 0 Å². The van der Waals surface area contributed by atoms with Gasteiger partial charge in [-0.25, -0.2) is 4.39 Å². The summed E-state index contributed by atoms with van der Waals surface area (Å²) < 4.78 is 13.3. The van der Waals surface area contributed by atoms with Crippen LogP contribution in [-0.2, 0) is 0 Å². The number of anilines is 1. The highest BCUT2D eigenvalue weighted by Crippen LogP contribution is 2.27. The SMILES string of the molecule is Fc1ccc(NC(c2ccccc2)c2cccc(-c3ccccc3)n2)cc1. The first-order valence-electron chi connectivity index (χ1n) is 8.89. The summed E-state index contributed by atoms with van der Waals surface area (Å²) >= 11 is 0. The molecule has 0 bridgehead atoms. The van der Waals surface area contributed by atoms with E-state index in [1.165, 1.54) is 12.1 Å². The summed E-state index contributed by atoms with van der Waals surface area (Å²) in [5.41, 5.74) is 4.85. The van der Waals surface area contributed by atoms with E-state index in [1.54, 1.807) is 12.1 Å². The maximum absolute atomic E-state index is 13.3. The zero-order chi connectivity index (χ0) is 18.5. The zero-order valence-corrected chi connectivity index (χ0v) is 14.7. The molecule has 1 heterocycles. The molecule has 0 radical (unpaired) electrons. The number of nitrogens with one attached hydrogen (secondary N) is 1. The second-order valence-electron chi connectivity index (χ2n) is 6.31. The average Bonchev–Trinajstić information content (AvgIpc) is 2.75. The van der Waals surface area contributed by atoms with Crippen LogP contribution in [0.2, 0.25) is 0 Å². The van der Waals surface area contributed by atoms with Gasteiger partial charge in [-0.2, -0.15) is 0 Å². The Morgan fingerprint density at radius 2 is 1.33 bits per heavy atom. The Morgan fingerprint density at radius 1 is 0.667 bits per heavy atom. The largest absolute Gasteiger partial charge is 0.373 e. The van der Waals surface area contributed by atoms with Gasteiger partial charge < -0.3 is 5.32 Å². The van der Waals surface area contributed by atoms with Crippen molar-refractivity contribution in [1.82, 2.24) is 4.98 Å². The lowest BCUT2D eigenvalue weighted by atomic mass is 10.0. The highest BCUT2D eigenvalue weighted by Gasteiger charge is 2.16. The maximum Gasteiger partial charge on any atom is 0.123 e. The van der Waals surface area contributed by atoms with Crippen LogP contribution in [0.3, 0.4) is 0 Å². The third kappa shape index (κ3) is 4.04. The van der Waals surface area contributed by atoms with Gasteiger partial charge in [0, 0.05) is 11.3 Å². The van der Waals surface area contributed by atoms with Crippen molar-refractivity contribution < 1.29 is 4.39 Å². The molecule has 0 aliphatic heterocycles. The Balaban J connectivity index is 1.73. The predicted octanol–water partition coefficient (Wildman–Crippen LogP) is 6.09. The Bertz CT molecular complexity index is 999. The number of rotatable bonds is 5. The van der Waals surface area contributed by atoms with Gasteiger partial charge in [-0.1, -0.05) is 66.7 Å². The number of hydrogen-bond donors (Lipinski definition) is 1. The lowest BCUT2D eigenvalue weighted by molar-refractivity contribution is 0.628. The predicted molar refractivity (Wildman–Crippen MR) is 108 cm³/mol. The van der Waals surface area contributed by atoms with E-state index in [-0.39, 0.29) is 11.9 Å². The van der Waals surface area contributed by atoms with Gasteiger partial charge >= 0.3 is 0 Å². The highest BCUT2D eigenvalue weighted by molar-refractivity contribution is 5.59. The minimum absolute atomic E-state index is 0.139. The van der Waals surface area contributed by atoms with Crippen molar-refractivity contribution in [3.8, 4) is 11.3 Å². The maximum atomic E-state index is 13.3. The van der Waals surface area contributed by atoms with Crippen molar-refractivity contribution in [2.24, 2.45) is 0 Å². The van der Waals surface area contributed by atoms with E-state index in [0.717, 1.165) is 28.2 Å².